The molecule has 0 spiro atoms. The molecule has 0 saturated carbocycles. The largest absolute Gasteiger partial charge is 0.381 e. The molecule has 0 aliphatic carbocycles. The van der Waals surface area contributed by atoms with E-state index >= 15 is 0 Å². The van der Waals surface area contributed by atoms with E-state index in [1.807, 2.05) is 0 Å². The van der Waals surface area contributed by atoms with E-state index in [-0.39, 0.29) is 0 Å². The summed E-state index contributed by atoms with van der Waals surface area (Å²) in [5.41, 5.74) is 2.67. The van der Waals surface area contributed by atoms with E-state index in [2.05, 4.69) is 46.4 Å². The molecular weight excluding hydrogens is 186 g/mol. The molecule has 1 aromatic rings. The van der Waals surface area contributed by atoms with E-state index in [0.717, 1.165) is 13.1 Å². The third kappa shape index (κ3) is 1.47. The van der Waals surface area contributed by atoms with Gasteiger partial charge in [-0.05, 0) is 19.2 Å². The Morgan fingerprint density at radius 3 is 3.07 bits per heavy atom. The molecule has 1 N–H and O–H groups in total. The number of hydrogen-bond acceptors (Lipinski definition) is 3. The molecule has 1 fully saturated rings. The fourth-order valence-electron chi connectivity index (χ4n) is 2.60. The van der Waals surface area contributed by atoms with Crippen LogP contribution in [0.2, 0.25) is 0 Å². The molecule has 1 saturated heterocycles. The number of nitrogens with one attached hydrogen (secondary N) is 1. The fourth-order valence-corrected chi connectivity index (χ4v) is 2.60. The smallest absolute Gasteiger partial charge is 0.0606 e. The first-order valence-electron chi connectivity index (χ1n) is 5.63. The summed E-state index contributed by atoms with van der Waals surface area (Å²) >= 11 is 0. The Morgan fingerprint density at radius 2 is 2.13 bits per heavy atom. The predicted octanol–water partition coefficient (Wildman–Crippen LogP) is 1.23. The monoisotopic (exact) mass is 203 g/mol. The minimum Gasteiger partial charge on any atom is -0.381 e. The number of rotatable bonds is 0. The fraction of sp³-hybridized carbons (Fsp3) is 0.500. The molecule has 15 heavy (non-hydrogen) atoms. The summed E-state index contributed by atoms with van der Waals surface area (Å²) in [5.74, 6) is 0. The van der Waals surface area contributed by atoms with Crippen LogP contribution in [0, 0.1) is 0 Å². The van der Waals surface area contributed by atoms with Gasteiger partial charge in [0.25, 0.3) is 0 Å². The second kappa shape index (κ2) is 3.42. The van der Waals surface area contributed by atoms with Gasteiger partial charge in [-0.2, -0.15) is 0 Å². The van der Waals surface area contributed by atoms with Gasteiger partial charge in [-0.3, -0.25) is 0 Å². The van der Waals surface area contributed by atoms with Gasteiger partial charge in [0, 0.05) is 26.2 Å². The number of piperazine rings is 1. The van der Waals surface area contributed by atoms with E-state index < -0.39 is 0 Å². The third-order valence-electron chi connectivity index (χ3n) is 3.43. The van der Waals surface area contributed by atoms with Crippen molar-refractivity contribution in [1.29, 1.82) is 0 Å². The van der Waals surface area contributed by atoms with Crippen molar-refractivity contribution in [3.63, 3.8) is 0 Å². The Hall–Kier alpha value is -1.22. The first-order valence-corrected chi connectivity index (χ1v) is 5.63. The van der Waals surface area contributed by atoms with Gasteiger partial charge in [0.15, 0.2) is 0 Å². The molecule has 3 rings (SSSR count). The van der Waals surface area contributed by atoms with Crippen LogP contribution in [0.1, 0.15) is 0 Å². The number of para-hydroxylation sites is 2. The van der Waals surface area contributed by atoms with Crippen LogP contribution in [0.3, 0.4) is 0 Å². The van der Waals surface area contributed by atoms with Gasteiger partial charge in [-0.15, -0.1) is 0 Å². The molecule has 0 radical (unpaired) electrons. The lowest BCUT2D eigenvalue weighted by Crippen LogP contribution is -2.56. The molecule has 1 atom stereocenters. The quantitative estimate of drug-likeness (QED) is 0.684. The summed E-state index contributed by atoms with van der Waals surface area (Å²) in [7, 11) is 2.21. The van der Waals surface area contributed by atoms with Gasteiger partial charge in [0.05, 0.1) is 17.4 Å². The van der Waals surface area contributed by atoms with Crippen LogP contribution < -0.4 is 10.2 Å². The van der Waals surface area contributed by atoms with Gasteiger partial charge in [-0.1, -0.05) is 12.1 Å². The number of hydrogen-bond donors (Lipinski definition) is 1. The average Bonchev–Trinajstić information content (AvgIpc) is 2.28. The number of likely N-dealkylation sites (N-methyl/N-ethyl adjacent to an activating group) is 1. The van der Waals surface area contributed by atoms with Crippen molar-refractivity contribution in [1.82, 2.24) is 4.90 Å². The first-order chi connectivity index (χ1) is 7.34. The minimum atomic E-state index is 0.638. The highest BCUT2D eigenvalue weighted by Gasteiger charge is 2.29. The summed E-state index contributed by atoms with van der Waals surface area (Å²) < 4.78 is 0. The lowest BCUT2D eigenvalue weighted by molar-refractivity contribution is 0.270. The van der Waals surface area contributed by atoms with E-state index in [0.29, 0.717) is 6.04 Å². The number of anilines is 2. The zero-order valence-corrected chi connectivity index (χ0v) is 9.11. The van der Waals surface area contributed by atoms with Crippen LogP contribution >= 0.6 is 0 Å². The maximum atomic E-state index is 3.51. The summed E-state index contributed by atoms with van der Waals surface area (Å²) in [6.45, 7) is 4.56. The molecular formula is C12H17N3. The van der Waals surface area contributed by atoms with Crippen molar-refractivity contribution in [2.45, 2.75) is 6.04 Å². The zero-order chi connectivity index (χ0) is 10.3. The normalized spacial score (nSPS) is 25.4. The molecule has 0 aromatic heterocycles. The van der Waals surface area contributed by atoms with Crippen LogP contribution in [-0.2, 0) is 0 Å². The molecule has 3 nitrogen and oxygen atoms in total. The van der Waals surface area contributed by atoms with Gasteiger partial charge in [0.2, 0.25) is 0 Å². The molecule has 0 amide bonds. The zero-order valence-electron chi connectivity index (χ0n) is 9.11. The van der Waals surface area contributed by atoms with Gasteiger partial charge < -0.3 is 15.1 Å². The summed E-state index contributed by atoms with van der Waals surface area (Å²) in [6, 6.07) is 9.26. The van der Waals surface area contributed by atoms with Crippen molar-refractivity contribution in [2.75, 3.05) is 43.4 Å². The summed E-state index contributed by atoms with van der Waals surface area (Å²) in [4.78, 5) is 4.96. The first kappa shape index (κ1) is 9.04. The van der Waals surface area contributed by atoms with E-state index in [1.54, 1.807) is 0 Å². The molecule has 0 bridgehead atoms. The highest BCUT2D eigenvalue weighted by atomic mass is 15.3. The Kier molecular flexibility index (Phi) is 2.06. The van der Waals surface area contributed by atoms with Crippen LogP contribution in [0.4, 0.5) is 11.4 Å². The maximum absolute atomic E-state index is 3.51. The predicted molar refractivity (Wildman–Crippen MR) is 63.6 cm³/mol. The van der Waals surface area contributed by atoms with Crippen LogP contribution in [0.5, 0.6) is 0 Å². The molecule has 1 unspecified atom stereocenters. The Bertz CT molecular complexity index is 364. The molecule has 2 aliphatic heterocycles. The molecule has 2 aliphatic rings. The highest BCUT2D eigenvalue weighted by Crippen LogP contribution is 2.32. The van der Waals surface area contributed by atoms with E-state index in [4.69, 9.17) is 0 Å². The Labute approximate surface area is 90.7 Å². The van der Waals surface area contributed by atoms with Gasteiger partial charge >= 0.3 is 0 Å². The number of fused-ring (bicyclic) bond motifs is 3. The number of benzene rings is 1. The van der Waals surface area contributed by atoms with Crippen molar-refractivity contribution in [3.05, 3.63) is 24.3 Å². The second-order valence-corrected chi connectivity index (χ2v) is 4.51. The Balaban J connectivity index is 1.93. The van der Waals surface area contributed by atoms with Crippen molar-refractivity contribution < 1.29 is 0 Å². The lowest BCUT2D eigenvalue weighted by Gasteiger charge is -2.45. The lowest BCUT2D eigenvalue weighted by atomic mass is 10.1. The SMILES string of the molecule is CN1CCN2c3ccccc3NCC2C1. The van der Waals surface area contributed by atoms with Crippen LogP contribution in [0.15, 0.2) is 24.3 Å². The van der Waals surface area contributed by atoms with Crippen molar-refractivity contribution in [2.24, 2.45) is 0 Å². The van der Waals surface area contributed by atoms with E-state index in [9.17, 15) is 0 Å². The summed E-state index contributed by atoms with van der Waals surface area (Å²) in [6.07, 6.45) is 0. The molecule has 1 aromatic carbocycles. The van der Waals surface area contributed by atoms with Gasteiger partial charge in [-0.25, -0.2) is 0 Å². The summed E-state index contributed by atoms with van der Waals surface area (Å²) in [5, 5.41) is 3.51. The molecule has 3 heteroatoms. The van der Waals surface area contributed by atoms with E-state index in [1.165, 1.54) is 24.5 Å². The van der Waals surface area contributed by atoms with Gasteiger partial charge in [0.1, 0.15) is 0 Å². The van der Waals surface area contributed by atoms with Crippen LogP contribution in [0.25, 0.3) is 0 Å². The Morgan fingerprint density at radius 1 is 1.27 bits per heavy atom. The second-order valence-electron chi connectivity index (χ2n) is 4.51. The topological polar surface area (TPSA) is 18.5 Å². The minimum absolute atomic E-state index is 0.638. The van der Waals surface area contributed by atoms with Crippen molar-refractivity contribution >= 4 is 11.4 Å². The molecule has 80 valence electrons. The highest BCUT2D eigenvalue weighted by molar-refractivity contribution is 5.72. The standard InChI is InChI=1S/C12H17N3/c1-14-6-7-15-10(9-14)8-13-11-4-2-3-5-12(11)15/h2-5,10,13H,6-9H2,1H3. The average molecular weight is 203 g/mol. The van der Waals surface area contributed by atoms with Crippen molar-refractivity contribution in [3.8, 4) is 0 Å². The maximum Gasteiger partial charge on any atom is 0.0606 e. The number of nitrogens with zero attached hydrogens (tertiary/aromatic N) is 2. The van der Waals surface area contributed by atoms with Crippen LogP contribution in [-0.4, -0.2) is 44.2 Å². The third-order valence-corrected chi connectivity index (χ3v) is 3.43. The molecule has 2 heterocycles.